The van der Waals surface area contributed by atoms with Crippen molar-refractivity contribution in [1.29, 1.82) is 0 Å². The van der Waals surface area contributed by atoms with Crippen molar-refractivity contribution in [3.8, 4) is 0 Å². The monoisotopic (exact) mass is 270 g/mol. The zero-order chi connectivity index (χ0) is 14.3. The summed E-state index contributed by atoms with van der Waals surface area (Å²) < 4.78 is 0. The second-order valence-corrected chi connectivity index (χ2v) is 6.12. The molecule has 1 heterocycles. The van der Waals surface area contributed by atoms with Crippen LogP contribution in [-0.4, -0.2) is 47.7 Å². The van der Waals surface area contributed by atoms with Gasteiger partial charge in [-0.15, -0.1) is 0 Å². The summed E-state index contributed by atoms with van der Waals surface area (Å²) in [4.78, 5) is 14.2. The zero-order valence-electron chi connectivity index (χ0n) is 12.7. The predicted octanol–water partition coefficient (Wildman–Crippen LogP) is 1.77. The highest BCUT2D eigenvalue weighted by Crippen LogP contribution is 2.11. The maximum atomic E-state index is 12.2. The van der Waals surface area contributed by atoms with Gasteiger partial charge in [0.25, 0.3) is 0 Å². The molecule has 1 rings (SSSR count). The van der Waals surface area contributed by atoms with Gasteiger partial charge < -0.3 is 15.3 Å². The van der Waals surface area contributed by atoms with E-state index in [0.29, 0.717) is 13.0 Å². The predicted molar refractivity (Wildman–Crippen MR) is 78.0 cm³/mol. The molecule has 2 atom stereocenters. The quantitative estimate of drug-likeness (QED) is 0.773. The minimum Gasteiger partial charge on any atom is -0.392 e. The van der Waals surface area contributed by atoms with Crippen molar-refractivity contribution in [3.05, 3.63) is 0 Å². The highest BCUT2D eigenvalue weighted by Gasteiger charge is 2.18. The molecular weight excluding hydrogens is 240 g/mol. The maximum Gasteiger partial charge on any atom is 0.224 e. The van der Waals surface area contributed by atoms with Gasteiger partial charge in [-0.05, 0) is 25.7 Å². The number of nitrogens with zero attached hydrogens (tertiary/aromatic N) is 1. The number of carbonyl (C=O) groups excluding carboxylic acids is 1. The summed E-state index contributed by atoms with van der Waals surface area (Å²) in [7, 11) is 0. The lowest BCUT2D eigenvalue weighted by Gasteiger charge is -2.24. The van der Waals surface area contributed by atoms with Gasteiger partial charge >= 0.3 is 0 Å². The van der Waals surface area contributed by atoms with E-state index in [2.05, 4.69) is 5.32 Å². The van der Waals surface area contributed by atoms with Crippen molar-refractivity contribution in [1.82, 2.24) is 10.2 Å². The summed E-state index contributed by atoms with van der Waals surface area (Å²) >= 11 is 0. The topological polar surface area (TPSA) is 52.6 Å². The van der Waals surface area contributed by atoms with Crippen LogP contribution in [0.2, 0.25) is 0 Å². The maximum absolute atomic E-state index is 12.2. The minimum absolute atomic E-state index is 0.129. The van der Waals surface area contributed by atoms with Crippen molar-refractivity contribution in [2.75, 3.05) is 19.6 Å². The minimum atomic E-state index is -0.337. The largest absolute Gasteiger partial charge is 0.392 e. The fourth-order valence-corrected chi connectivity index (χ4v) is 2.34. The van der Waals surface area contributed by atoms with Gasteiger partial charge in [-0.1, -0.05) is 26.7 Å². The molecule has 1 aliphatic heterocycles. The van der Waals surface area contributed by atoms with E-state index in [1.54, 1.807) is 0 Å². The van der Waals surface area contributed by atoms with Crippen LogP contribution in [0, 0.1) is 5.92 Å². The molecule has 0 bridgehead atoms. The molecule has 19 heavy (non-hydrogen) atoms. The lowest BCUT2D eigenvalue weighted by molar-refractivity contribution is -0.131. The molecule has 1 saturated heterocycles. The Labute approximate surface area is 117 Å². The third-order valence-corrected chi connectivity index (χ3v) is 3.88. The van der Waals surface area contributed by atoms with Crippen LogP contribution in [0.15, 0.2) is 0 Å². The molecule has 4 nitrogen and oxygen atoms in total. The highest BCUT2D eigenvalue weighted by molar-refractivity contribution is 5.76. The van der Waals surface area contributed by atoms with E-state index in [1.165, 1.54) is 12.8 Å². The third-order valence-electron chi connectivity index (χ3n) is 3.88. The van der Waals surface area contributed by atoms with Crippen LogP contribution in [0.1, 0.15) is 52.9 Å². The first-order valence-corrected chi connectivity index (χ1v) is 7.70. The number of amides is 1. The lowest BCUT2D eigenvalue weighted by Crippen LogP contribution is -2.40. The van der Waals surface area contributed by atoms with E-state index >= 15 is 0 Å². The SMILES string of the molecule is CC(CC(=O)N1CCCCCC1)NCC(O)C(C)C. The Morgan fingerprint density at radius 3 is 2.26 bits per heavy atom. The van der Waals surface area contributed by atoms with Crippen LogP contribution in [0.5, 0.6) is 0 Å². The lowest BCUT2D eigenvalue weighted by atomic mass is 10.1. The van der Waals surface area contributed by atoms with Gasteiger partial charge in [-0.2, -0.15) is 0 Å². The van der Waals surface area contributed by atoms with E-state index in [4.69, 9.17) is 0 Å². The van der Waals surface area contributed by atoms with Crippen LogP contribution >= 0.6 is 0 Å². The van der Waals surface area contributed by atoms with Gasteiger partial charge in [0.1, 0.15) is 0 Å². The molecule has 1 fully saturated rings. The molecule has 0 aromatic rings. The smallest absolute Gasteiger partial charge is 0.224 e. The van der Waals surface area contributed by atoms with Crippen LogP contribution in [0.25, 0.3) is 0 Å². The van der Waals surface area contributed by atoms with Crippen LogP contribution in [-0.2, 0) is 4.79 Å². The number of rotatable bonds is 6. The van der Waals surface area contributed by atoms with Gasteiger partial charge in [0, 0.05) is 32.1 Å². The normalized spacial score (nSPS) is 20.2. The first-order chi connectivity index (χ1) is 9.00. The van der Waals surface area contributed by atoms with Crippen molar-refractivity contribution in [2.45, 2.75) is 65.0 Å². The second-order valence-electron chi connectivity index (χ2n) is 6.12. The summed E-state index contributed by atoms with van der Waals surface area (Å²) in [5, 5.41) is 13.0. The molecule has 2 unspecified atom stereocenters. The van der Waals surface area contributed by atoms with E-state index in [0.717, 1.165) is 25.9 Å². The van der Waals surface area contributed by atoms with Gasteiger partial charge in [-0.3, -0.25) is 4.79 Å². The Kier molecular flexibility index (Phi) is 7.39. The third kappa shape index (κ3) is 6.39. The first-order valence-electron chi connectivity index (χ1n) is 7.70. The molecule has 0 saturated carbocycles. The highest BCUT2D eigenvalue weighted by atomic mass is 16.3. The Balaban J connectivity index is 2.26. The van der Waals surface area contributed by atoms with Crippen LogP contribution < -0.4 is 5.32 Å². The summed E-state index contributed by atoms with van der Waals surface area (Å²) in [5.41, 5.74) is 0. The molecule has 0 aliphatic carbocycles. The fourth-order valence-electron chi connectivity index (χ4n) is 2.34. The summed E-state index contributed by atoms with van der Waals surface area (Å²) in [6.45, 7) is 8.41. The molecule has 4 heteroatoms. The molecule has 1 amide bonds. The molecule has 2 N–H and O–H groups in total. The zero-order valence-corrected chi connectivity index (χ0v) is 12.7. The molecule has 0 spiro atoms. The van der Waals surface area contributed by atoms with E-state index in [-0.39, 0.29) is 24.0 Å². The van der Waals surface area contributed by atoms with Crippen molar-refractivity contribution >= 4 is 5.91 Å². The molecule has 0 aromatic carbocycles. The van der Waals surface area contributed by atoms with Gasteiger partial charge in [-0.25, -0.2) is 0 Å². The van der Waals surface area contributed by atoms with Gasteiger partial charge in [0.15, 0.2) is 0 Å². The molecule has 0 radical (unpaired) electrons. The number of nitrogens with one attached hydrogen (secondary N) is 1. The average molecular weight is 270 g/mol. The molecule has 0 aromatic heterocycles. The number of aliphatic hydroxyl groups is 1. The van der Waals surface area contributed by atoms with Gasteiger partial charge in [0.2, 0.25) is 5.91 Å². The first kappa shape index (κ1) is 16.4. The standard InChI is InChI=1S/C15H30N2O2/c1-12(2)14(18)11-16-13(3)10-15(19)17-8-6-4-5-7-9-17/h12-14,16,18H,4-11H2,1-3H3. The number of aliphatic hydroxyl groups excluding tert-OH is 1. The van der Waals surface area contributed by atoms with Gasteiger partial charge in [0.05, 0.1) is 6.10 Å². The molecule has 1 aliphatic rings. The van der Waals surface area contributed by atoms with Crippen molar-refractivity contribution in [3.63, 3.8) is 0 Å². The molecule has 112 valence electrons. The van der Waals surface area contributed by atoms with Crippen molar-refractivity contribution < 1.29 is 9.90 Å². The number of likely N-dealkylation sites (tertiary alicyclic amines) is 1. The number of hydrogen-bond acceptors (Lipinski definition) is 3. The summed E-state index contributed by atoms with van der Waals surface area (Å²) in [6, 6.07) is 0.129. The number of carbonyl (C=O) groups is 1. The average Bonchev–Trinajstić information content (AvgIpc) is 2.64. The van der Waals surface area contributed by atoms with E-state index in [9.17, 15) is 9.90 Å². The van der Waals surface area contributed by atoms with E-state index in [1.807, 2.05) is 25.7 Å². The Morgan fingerprint density at radius 2 is 1.74 bits per heavy atom. The summed E-state index contributed by atoms with van der Waals surface area (Å²) in [6.07, 6.45) is 4.97. The van der Waals surface area contributed by atoms with Crippen LogP contribution in [0.4, 0.5) is 0 Å². The van der Waals surface area contributed by atoms with Crippen molar-refractivity contribution in [2.24, 2.45) is 5.92 Å². The Morgan fingerprint density at radius 1 is 1.16 bits per heavy atom. The fraction of sp³-hybridized carbons (Fsp3) is 0.933. The molecular formula is C15H30N2O2. The Bertz CT molecular complexity index is 261. The summed E-state index contributed by atoms with van der Waals surface area (Å²) in [5.74, 6) is 0.502. The van der Waals surface area contributed by atoms with Crippen LogP contribution in [0.3, 0.4) is 0 Å². The number of hydrogen-bond donors (Lipinski definition) is 2. The second kappa shape index (κ2) is 8.54. The Hall–Kier alpha value is -0.610. The van der Waals surface area contributed by atoms with E-state index < -0.39 is 0 Å².